The van der Waals surface area contributed by atoms with Gasteiger partial charge in [-0.1, -0.05) is 117 Å². The third-order valence-corrected chi connectivity index (χ3v) is 8.12. The summed E-state index contributed by atoms with van der Waals surface area (Å²) in [5.41, 5.74) is 9.47. The summed E-state index contributed by atoms with van der Waals surface area (Å²) in [6.07, 6.45) is 0. The highest BCUT2D eigenvalue weighted by Crippen LogP contribution is 2.55. The first-order valence-corrected chi connectivity index (χ1v) is 13.6. The molecular weight excluding hydrogens is 490 g/mol. The number of furan rings is 1. The molecule has 4 nitrogen and oxygen atoms in total. The minimum absolute atomic E-state index is 0.264. The molecule has 40 heavy (non-hydrogen) atoms. The van der Waals surface area contributed by atoms with E-state index in [1.54, 1.807) is 0 Å². The van der Waals surface area contributed by atoms with Crippen LogP contribution < -0.4 is 0 Å². The molecule has 0 fully saturated rings. The van der Waals surface area contributed by atoms with Gasteiger partial charge >= 0.3 is 0 Å². The largest absolute Gasteiger partial charge is 0.456 e. The number of para-hydroxylation sites is 1. The number of hydrogen-bond donors (Lipinski definition) is 0. The lowest BCUT2D eigenvalue weighted by Gasteiger charge is -2.24. The van der Waals surface area contributed by atoms with Gasteiger partial charge in [-0.05, 0) is 34.4 Å². The third kappa shape index (κ3) is 3.29. The van der Waals surface area contributed by atoms with Crippen molar-refractivity contribution in [3.8, 4) is 45.3 Å². The molecule has 8 rings (SSSR count). The van der Waals surface area contributed by atoms with Gasteiger partial charge in [0.1, 0.15) is 11.2 Å². The second-order valence-electron chi connectivity index (χ2n) is 10.9. The zero-order chi connectivity index (χ0) is 26.8. The molecule has 0 radical (unpaired) electrons. The smallest absolute Gasteiger partial charge is 0.164 e. The van der Waals surface area contributed by atoms with E-state index >= 15 is 0 Å². The van der Waals surface area contributed by atoms with Crippen molar-refractivity contribution in [3.63, 3.8) is 0 Å². The van der Waals surface area contributed by atoms with Crippen LogP contribution in [0.25, 0.3) is 67.2 Å². The molecule has 2 aromatic heterocycles. The van der Waals surface area contributed by atoms with Gasteiger partial charge in [-0.25, -0.2) is 15.0 Å². The molecule has 0 N–H and O–H groups in total. The Bertz CT molecular complexity index is 2020. The highest BCUT2D eigenvalue weighted by atomic mass is 16.3. The number of nitrogens with zero attached hydrogens (tertiary/aromatic N) is 3. The highest BCUT2D eigenvalue weighted by molar-refractivity contribution is 6.15. The molecule has 7 aromatic rings. The van der Waals surface area contributed by atoms with Crippen LogP contribution in [0, 0.1) is 0 Å². The van der Waals surface area contributed by atoms with E-state index in [0.717, 1.165) is 33.2 Å². The molecule has 0 bridgehead atoms. The Kier molecular flexibility index (Phi) is 4.83. The van der Waals surface area contributed by atoms with Crippen LogP contribution in [0.1, 0.15) is 25.0 Å². The molecule has 190 valence electrons. The highest BCUT2D eigenvalue weighted by Gasteiger charge is 2.40. The normalized spacial score (nSPS) is 13.4. The summed E-state index contributed by atoms with van der Waals surface area (Å²) in [5, 5.41) is 2.31. The molecule has 0 amide bonds. The summed E-state index contributed by atoms with van der Waals surface area (Å²) in [5.74, 6) is 2.01. The van der Waals surface area contributed by atoms with Gasteiger partial charge in [-0.15, -0.1) is 0 Å². The Morgan fingerprint density at radius 3 is 1.82 bits per heavy atom. The predicted octanol–water partition coefficient (Wildman–Crippen LogP) is 9.08. The quantitative estimate of drug-likeness (QED) is 0.235. The van der Waals surface area contributed by atoms with Crippen LogP contribution in [0.5, 0.6) is 0 Å². The van der Waals surface area contributed by atoms with E-state index in [1.807, 2.05) is 72.8 Å². The monoisotopic (exact) mass is 515 g/mol. The van der Waals surface area contributed by atoms with Crippen molar-refractivity contribution in [2.45, 2.75) is 19.3 Å². The van der Waals surface area contributed by atoms with E-state index in [4.69, 9.17) is 19.4 Å². The SMILES string of the molecule is CC1(C)c2ccc3oc4ccccc4c3c2-c2cccc(-c3nc(-c4ccccc4)nc(-c4ccccc4)n3)c21. The fourth-order valence-corrected chi connectivity index (χ4v) is 6.30. The second kappa shape index (κ2) is 8.45. The topological polar surface area (TPSA) is 51.8 Å². The molecule has 0 saturated heterocycles. The first kappa shape index (κ1) is 22.9. The summed E-state index contributed by atoms with van der Waals surface area (Å²) in [6, 6.07) is 39.4. The van der Waals surface area contributed by atoms with Crippen molar-refractivity contribution in [2.24, 2.45) is 0 Å². The van der Waals surface area contributed by atoms with Crippen LogP contribution in [0.4, 0.5) is 0 Å². The van der Waals surface area contributed by atoms with Crippen LogP contribution in [0.2, 0.25) is 0 Å². The Labute approximate surface area is 232 Å². The molecule has 4 heteroatoms. The molecule has 1 aliphatic carbocycles. The molecule has 1 aliphatic rings. The van der Waals surface area contributed by atoms with Gasteiger partial charge in [0.15, 0.2) is 17.5 Å². The zero-order valence-corrected chi connectivity index (χ0v) is 22.2. The summed E-state index contributed by atoms with van der Waals surface area (Å²) >= 11 is 0. The molecule has 5 aromatic carbocycles. The summed E-state index contributed by atoms with van der Waals surface area (Å²) in [4.78, 5) is 15.0. The maximum Gasteiger partial charge on any atom is 0.164 e. The van der Waals surface area contributed by atoms with Crippen molar-refractivity contribution >= 4 is 21.9 Å². The summed E-state index contributed by atoms with van der Waals surface area (Å²) in [6.45, 7) is 4.60. The van der Waals surface area contributed by atoms with Gasteiger partial charge in [-0.3, -0.25) is 0 Å². The van der Waals surface area contributed by atoms with E-state index < -0.39 is 0 Å². The first-order valence-electron chi connectivity index (χ1n) is 13.6. The fraction of sp³-hybridized carbons (Fsp3) is 0.0833. The van der Waals surface area contributed by atoms with Crippen molar-refractivity contribution in [1.82, 2.24) is 15.0 Å². The van der Waals surface area contributed by atoms with Crippen molar-refractivity contribution < 1.29 is 4.42 Å². The van der Waals surface area contributed by atoms with Gasteiger partial charge in [0, 0.05) is 32.9 Å². The molecular formula is C36H25N3O. The Balaban J connectivity index is 1.42. The van der Waals surface area contributed by atoms with Crippen LogP contribution >= 0.6 is 0 Å². The van der Waals surface area contributed by atoms with Crippen LogP contribution in [-0.4, -0.2) is 15.0 Å². The molecule has 0 spiro atoms. The van der Waals surface area contributed by atoms with Gasteiger partial charge in [0.25, 0.3) is 0 Å². The number of fused-ring (bicyclic) bond motifs is 7. The predicted molar refractivity (Wildman–Crippen MR) is 161 cm³/mol. The number of aromatic nitrogens is 3. The Morgan fingerprint density at radius 2 is 1.12 bits per heavy atom. The summed E-state index contributed by atoms with van der Waals surface area (Å²) < 4.78 is 6.27. The average Bonchev–Trinajstić information content (AvgIpc) is 3.50. The lowest BCUT2D eigenvalue weighted by atomic mass is 9.80. The fourth-order valence-electron chi connectivity index (χ4n) is 6.30. The van der Waals surface area contributed by atoms with E-state index in [2.05, 4.69) is 56.3 Å². The van der Waals surface area contributed by atoms with Gasteiger partial charge in [0.05, 0.1) is 0 Å². The zero-order valence-electron chi connectivity index (χ0n) is 22.2. The lowest BCUT2D eigenvalue weighted by Crippen LogP contribution is -2.17. The average molecular weight is 516 g/mol. The van der Waals surface area contributed by atoms with Crippen LogP contribution in [-0.2, 0) is 5.41 Å². The molecule has 0 saturated carbocycles. The number of hydrogen-bond acceptors (Lipinski definition) is 4. The maximum absolute atomic E-state index is 6.27. The second-order valence-corrected chi connectivity index (χ2v) is 10.9. The van der Waals surface area contributed by atoms with Crippen LogP contribution in [0.3, 0.4) is 0 Å². The molecule has 0 unspecified atom stereocenters. The van der Waals surface area contributed by atoms with E-state index in [1.165, 1.54) is 27.6 Å². The number of rotatable bonds is 3. The van der Waals surface area contributed by atoms with Gasteiger partial charge in [0.2, 0.25) is 0 Å². The molecule has 2 heterocycles. The van der Waals surface area contributed by atoms with E-state index in [-0.39, 0.29) is 5.41 Å². The van der Waals surface area contributed by atoms with Crippen molar-refractivity contribution in [3.05, 3.63) is 126 Å². The Morgan fingerprint density at radius 1 is 0.525 bits per heavy atom. The van der Waals surface area contributed by atoms with Gasteiger partial charge < -0.3 is 4.42 Å². The van der Waals surface area contributed by atoms with Gasteiger partial charge in [-0.2, -0.15) is 0 Å². The molecule has 0 atom stereocenters. The lowest BCUT2D eigenvalue weighted by molar-refractivity contribution is 0.657. The third-order valence-electron chi connectivity index (χ3n) is 8.12. The standard InChI is InChI=1S/C36H25N3O/c1-36(2)27-20-21-29-31(24-16-9-10-19-28(24)40-29)30(27)25-17-11-18-26(32(25)36)35-38-33(22-12-5-3-6-13-22)37-34(39-35)23-14-7-4-8-15-23/h3-21H,1-2H3. The summed E-state index contributed by atoms with van der Waals surface area (Å²) in [7, 11) is 0. The maximum atomic E-state index is 6.27. The van der Waals surface area contributed by atoms with E-state index in [9.17, 15) is 0 Å². The molecule has 0 aliphatic heterocycles. The van der Waals surface area contributed by atoms with Crippen molar-refractivity contribution in [2.75, 3.05) is 0 Å². The first-order chi connectivity index (χ1) is 19.6. The minimum Gasteiger partial charge on any atom is -0.456 e. The van der Waals surface area contributed by atoms with Crippen molar-refractivity contribution in [1.29, 1.82) is 0 Å². The number of benzene rings is 5. The van der Waals surface area contributed by atoms with Crippen LogP contribution in [0.15, 0.2) is 120 Å². The minimum atomic E-state index is -0.264. The Hall–Kier alpha value is -5.09. The van der Waals surface area contributed by atoms with E-state index in [0.29, 0.717) is 17.5 Å².